The molecular formula is C18H24N4O2. The molecule has 0 radical (unpaired) electrons. The van der Waals surface area contributed by atoms with Crippen LogP contribution in [0.3, 0.4) is 0 Å². The van der Waals surface area contributed by atoms with Crippen molar-refractivity contribution in [3.63, 3.8) is 0 Å². The van der Waals surface area contributed by atoms with Crippen LogP contribution in [0, 0.1) is 13.8 Å². The van der Waals surface area contributed by atoms with E-state index >= 15 is 0 Å². The van der Waals surface area contributed by atoms with Crippen molar-refractivity contribution in [1.29, 1.82) is 0 Å². The fraction of sp³-hybridized carbons (Fsp3) is 0.389. The summed E-state index contributed by atoms with van der Waals surface area (Å²) in [6, 6.07) is 9.05. The number of benzene rings is 1. The maximum absolute atomic E-state index is 12.6. The molecule has 1 aromatic carbocycles. The lowest BCUT2D eigenvalue weighted by atomic mass is 10.1. The number of nitrogens with zero attached hydrogens (tertiary/aromatic N) is 2. The molecule has 1 heterocycles. The Morgan fingerprint density at radius 3 is 2.50 bits per heavy atom. The van der Waals surface area contributed by atoms with E-state index < -0.39 is 6.04 Å². The molecule has 0 bridgehead atoms. The highest BCUT2D eigenvalue weighted by Gasteiger charge is 2.22. The molecule has 0 unspecified atom stereocenters. The van der Waals surface area contributed by atoms with Gasteiger partial charge < -0.3 is 10.6 Å². The molecule has 6 heteroatoms. The molecular weight excluding hydrogens is 304 g/mol. The van der Waals surface area contributed by atoms with Gasteiger partial charge in [0.1, 0.15) is 6.04 Å². The van der Waals surface area contributed by atoms with Gasteiger partial charge >= 0.3 is 0 Å². The molecule has 0 aliphatic rings. The van der Waals surface area contributed by atoms with Crippen molar-refractivity contribution < 1.29 is 9.59 Å². The summed E-state index contributed by atoms with van der Waals surface area (Å²) in [4.78, 5) is 24.5. The minimum absolute atomic E-state index is 0.184. The largest absolute Gasteiger partial charge is 0.354 e. The van der Waals surface area contributed by atoms with E-state index in [1.807, 2.05) is 44.2 Å². The number of rotatable bonds is 6. The van der Waals surface area contributed by atoms with Crippen molar-refractivity contribution in [2.24, 2.45) is 0 Å². The zero-order valence-corrected chi connectivity index (χ0v) is 14.6. The number of aryl methyl sites for hydroxylation is 1. The summed E-state index contributed by atoms with van der Waals surface area (Å²) in [5.41, 5.74) is 2.78. The molecule has 0 aliphatic heterocycles. The predicted molar refractivity (Wildman–Crippen MR) is 93.3 cm³/mol. The van der Waals surface area contributed by atoms with Crippen molar-refractivity contribution in [3.8, 4) is 5.69 Å². The third-order valence-corrected chi connectivity index (χ3v) is 3.81. The molecule has 2 amide bonds. The summed E-state index contributed by atoms with van der Waals surface area (Å²) in [6.07, 6.45) is 0.856. The lowest BCUT2D eigenvalue weighted by Crippen LogP contribution is -2.45. The van der Waals surface area contributed by atoms with Crippen LogP contribution in [0.4, 0.5) is 0 Å². The lowest BCUT2D eigenvalue weighted by molar-refractivity contribution is -0.122. The van der Waals surface area contributed by atoms with E-state index in [9.17, 15) is 9.59 Å². The van der Waals surface area contributed by atoms with Gasteiger partial charge in [0.05, 0.1) is 22.6 Å². The van der Waals surface area contributed by atoms with Crippen LogP contribution in [0.5, 0.6) is 0 Å². The third-order valence-electron chi connectivity index (χ3n) is 3.81. The number of para-hydroxylation sites is 1. The third kappa shape index (κ3) is 3.82. The summed E-state index contributed by atoms with van der Waals surface area (Å²) in [5.74, 6) is -0.470. The second-order valence-corrected chi connectivity index (χ2v) is 5.78. The molecule has 1 aromatic heterocycles. The first-order valence-corrected chi connectivity index (χ1v) is 8.16. The summed E-state index contributed by atoms with van der Waals surface area (Å²) in [5, 5.41) is 9.98. The van der Waals surface area contributed by atoms with E-state index in [1.54, 1.807) is 18.5 Å². The fourth-order valence-electron chi connectivity index (χ4n) is 2.53. The predicted octanol–water partition coefficient (Wildman–Crippen LogP) is 2.13. The first-order valence-electron chi connectivity index (χ1n) is 8.16. The maximum Gasteiger partial charge on any atom is 0.255 e. The van der Waals surface area contributed by atoms with Crippen LogP contribution >= 0.6 is 0 Å². The van der Waals surface area contributed by atoms with Gasteiger partial charge in [0.15, 0.2) is 0 Å². The molecule has 2 aromatic rings. The Bertz CT molecular complexity index is 722. The van der Waals surface area contributed by atoms with Gasteiger partial charge in [0, 0.05) is 6.54 Å². The monoisotopic (exact) mass is 328 g/mol. The van der Waals surface area contributed by atoms with E-state index in [0.29, 0.717) is 17.8 Å². The van der Waals surface area contributed by atoms with Gasteiger partial charge in [-0.25, -0.2) is 4.68 Å². The highest BCUT2D eigenvalue weighted by atomic mass is 16.2. The van der Waals surface area contributed by atoms with Gasteiger partial charge in [-0.15, -0.1) is 0 Å². The van der Waals surface area contributed by atoms with E-state index in [1.165, 1.54) is 0 Å². The van der Waals surface area contributed by atoms with Gasteiger partial charge in [-0.1, -0.05) is 25.1 Å². The minimum atomic E-state index is -0.595. The molecule has 0 saturated carbocycles. The highest BCUT2D eigenvalue weighted by Crippen LogP contribution is 2.17. The van der Waals surface area contributed by atoms with Crippen molar-refractivity contribution in [1.82, 2.24) is 20.4 Å². The molecule has 2 rings (SSSR count). The summed E-state index contributed by atoms with van der Waals surface area (Å²) in [7, 11) is 0. The number of nitrogens with one attached hydrogen (secondary N) is 2. The van der Waals surface area contributed by atoms with E-state index in [2.05, 4.69) is 15.7 Å². The summed E-state index contributed by atoms with van der Waals surface area (Å²) in [6.45, 7) is 7.90. The van der Waals surface area contributed by atoms with Crippen LogP contribution in [-0.4, -0.2) is 34.2 Å². The van der Waals surface area contributed by atoms with E-state index in [0.717, 1.165) is 17.8 Å². The van der Waals surface area contributed by atoms with Crippen LogP contribution in [0.25, 0.3) is 5.69 Å². The first-order chi connectivity index (χ1) is 11.5. The van der Waals surface area contributed by atoms with E-state index in [-0.39, 0.29) is 11.8 Å². The van der Waals surface area contributed by atoms with Crippen LogP contribution in [0.2, 0.25) is 0 Å². The maximum atomic E-state index is 12.6. The van der Waals surface area contributed by atoms with Gasteiger partial charge in [-0.3, -0.25) is 9.59 Å². The van der Waals surface area contributed by atoms with Gasteiger partial charge in [-0.05, 0) is 39.3 Å². The summed E-state index contributed by atoms with van der Waals surface area (Å²) >= 11 is 0. The number of hydrogen-bond acceptors (Lipinski definition) is 3. The second-order valence-electron chi connectivity index (χ2n) is 5.78. The van der Waals surface area contributed by atoms with Gasteiger partial charge in [0.2, 0.25) is 5.91 Å². The second kappa shape index (κ2) is 7.77. The zero-order valence-electron chi connectivity index (χ0n) is 14.6. The van der Waals surface area contributed by atoms with Crippen molar-refractivity contribution in [2.75, 3.05) is 6.54 Å². The molecule has 2 N–H and O–H groups in total. The van der Waals surface area contributed by atoms with E-state index in [4.69, 9.17) is 0 Å². The Morgan fingerprint density at radius 1 is 1.21 bits per heavy atom. The van der Waals surface area contributed by atoms with Crippen molar-refractivity contribution >= 4 is 11.8 Å². The standard InChI is InChI=1S/C18H24N4O2/c1-5-11-19-17(23)13(3)20-18(24)16-12(2)21-22(14(16)4)15-9-7-6-8-10-15/h6-10,13H,5,11H2,1-4H3,(H,19,23)(H,20,24)/t13-/m0/s1. The Labute approximate surface area is 142 Å². The number of carbonyl (C=O) groups is 2. The van der Waals surface area contributed by atoms with Crippen molar-refractivity contribution in [2.45, 2.75) is 40.2 Å². The Balaban J connectivity index is 2.19. The fourth-order valence-corrected chi connectivity index (χ4v) is 2.53. The molecule has 0 aliphatic carbocycles. The molecule has 128 valence electrons. The lowest BCUT2D eigenvalue weighted by Gasteiger charge is -2.14. The van der Waals surface area contributed by atoms with Crippen LogP contribution in [-0.2, 0) is 4.79 Å². The summed E-state index contributed by atoms with van der Waals surface area (Å²) < 4.78 is 1.74. The topological polar surface area (TPSA) is 76.0 Å². The van der Waals surface area contributed by atoms with Gasteiger partial charge in [-0.2, -0.15) is 5.10 Å². The first kappa shape index (κ1) is 17.7. The average Bonchev–Trinajstić information content (AvgIpc) is 2.87. The number of amides is 2. The Kier molecular flexibility index (Phi) is 5.73. The Hall–Kier alpha value is -2.63. The molecule has 1 atom stereocenters. The quantitative estimate of drug-likeness (QED) is 0.853. The molecule has 0 saturated heterocycles. The number of carbonyl (C=O) groups excluding carboxylic acids is 2. The van der Waals surface area contributed by atoms with Crippen LogP contribution in [0.1, 0.15) is 42.0 Å². The normalized spacial score (nSPS) is 11.8. The van der Waals surface area contributed by atoms with Crippen LogP contribution < -0.4 is 10.6 Å². The Morgan fingerprint density at radius 2 is 1.88 bits per heavy atom. The van der Waals surface area contributed by atoms with Crippen molar-refractivity contribution in [3.05, 3.63) is 47.3 Å². The SMILES string of the molecule is CCCNC(=O)[C@H](C)NC(=O)c1c(C)nn(-c2ccccc2)c1C. The number of hydrogen-bond donors (Lipinski definition) is 2. The molecule has 24 heavy (non-hydrogen) atoms. The molecule has 0 fully saturated rings. The zero-order chi connectivity index (χ0) is 17.7. The minimum Gasteiger partial charge on any atom is -0.354 e. The number of aromatic nitrogens is 2. The average molecular weight is 328 g/mol. The molecule has 0 spiro atoms. The van der Waals surface area contributed by atoms with Gasteiger partial charge in [0.25, 0.3) is 5.91 Å². The van der Waals surface area contributed by atoms with Crippen LogP contribution in [0.15, 0.2) is 30.3 Å². The highest BCUT2D eigenvalue weighted by molar-refractivity contribution is 5.99. The smallest absolute Gasteiger partial charge is 0.255 e. The molecule has 6 nitrogen and oxygen atoms in total.